The van der Waals surface area contributed by atoms with Crippen molar-refractivity contribution < 1.29 is 14.6 Å². The van der Waals surface area contributed by atoms with Gasteiger partial charge in [-0.05, 0) is 86.5 Å². The Labute approximate surface area is 250 Å². The molecule has 1 saturated heterocycles. The van der Waals surface area contributed by atoms with Crippen LogP contribution in [0.4, 0.5) is 5.69 Å². The first-order valence-electron chi connectivity index (χ1n) is 15.9. The molecule has 3 aromatic rings. The molecule has 1 saturated carbocycles. The van der Waals surface area contributed by atoms with E-state index in [0.29, 0.717) is 16.9 Å². The van der Waals surface area contributed by atoms with Gasteiger partial charge in [0.15, 0.2) is 0 Å². The van der Waals surface area contributed by atoms with Crippen LogP contribution in [0.25, 0.3) is 11.0 Å². The summed E-state index contributed by atoms with van der Waals surface area (Å²) in [4.78, 5) is 24.4. The van der Waals surface area contributed by atoms with E-state index in [1.165, 1.54) is 51.4 Å². The SMILES string of the molecule is CCC1CCC(C2=C(CN3CCN(c4ccc(C(=O)O)c(Oc5cnc6[nH]ccc6c5)c4)CC3)CCC(C)(C)C2)CC1. The number of aromatic carboxylic acids is 1. The molecule has 0 radical (unpaired) electrons. The Morgan fingerprint density at radius 3 is 2.62 bits per heavy atom. The van der Waals surface area contributed by atoms with E-state index in [1.54, 1.807) is 17.8 Å². The minimum absolute atomic E-state index is 0.152. The number of piperazine rings is 1. The van der Waals surface area contributed by atoms with E-state index in [4.69, 9.17) is 4.74 Å². The zero-order valence-electron chi connectivity index (χ0n) is 25.5. The quantitative estimate of drug-likeness (QED) is 0.268. The Morgan fingerprint density at radius 2 is 1.88 bits per heavy atom. The van der Waals surface area contributed by atoms with Crippen molar-refractivity contribution in [2.45, 2.75) is 72.1 Å². The number of nitrogens with zero attached hydrogens (tertiary/aromatic N) is 3. The number of fused-ring (bicyclic) bond motifs is 1. The Kier molecular flexibility index (Phi) is 8.30. The molecule has 1 aliphatic heterocycles. The number of H-pyrrole nitrogens is 1. The molecular formula is C35H46N4O3. The zero-order chi connectivity index (χ0) is 29.3. The van der Waals surface area contributed by atoms with Crippen LogP contribution in [-0.4, -0.2) is 58.7 Å². The van der Waals surface area contributed by atoms with E-state index in [1.807, 2.05) is 36.0 Å². The van der Waals surface area contributed by atoms with Crippen molar-refractivity contribution in [1.82, 2.24) is 14.9 Å². The lowest BCUT2D eigenvalue weighted by Gasteiger charge is -2.42. The molecule has 2 aromatic heterocycles. The van der Waals surface area contributed by atoms with Crippen molar-refractivity contribution in [2.24, 2.45) is 17.3 Å². The molecule has 42 heavy (non-hydrogen) atoms. The largest absolute Gasteiger partial charge is 0.478 e. The summed E-state index contributed by atoms with van der Waals surface area (Å²) in [5.74, 6) is 1.60. The van der Waals surface area contributed by atoms with E-state index < -0.39 is 5.97 Å². The summed E-state index contributed by atoms with van der Waals surface area (Å²) >= 11 is 0. The first-order valence-corrected chi connectivity index (χ1v) is 15.9. The summed E-state index contributed by atoms with van der Waals surface area (Å²) in [6, 6.07) is 9.25. The number of ether oxygens (including phenoxy) is 1. The van der Waals surface area contributed by atoms with E-state index in [2.05, 4.69) is 40.5 Å². The summed E-state index contributed by atoms with van der Waals surface area (Å²) in [5, 5.41) is 10.7. The molecule has 0 spiro atoms. The average Bonchev–Trinajstić information content (AvgIpc) is 3.46. The molecule has 0 bridgehead atoms. The third-order valence-electron chi connectivity index (χ3n) is 10.1. The molecule has 0 unspecified atom stereocenters. The molecular weight excluding hydrogens is 524 g/mol. The lowest BCUT2D eigenvalue weighted by atomic mass is 9.67. The van der Waals surface area contributed by atoms with Crippen LogP contribution in [0.5, 0.6) is 11.5 Å². The molecule has 2 N–H and O–H groups in total. The average molecular weight is 571 g/mol. The van der Waals surface area contributed by atoms with Crippen molar-refractivity contribution in [3.63, 3.8) is 0 Å². The van der Waals surface area contributed by atoms with Crippen molar-refractivity contribution in [3.05, 3.63) is 59.4 Å². The molecule has 7 nitrogen and oxygen atoms in total. The van der Waals surface area contributed by atoms with E-state index in [9.17, 15) is 9.90 Å². The van der Waals surface area contributed by atoms with Crippen LogP contribution in [0.3, 0.4) is 0 Å². The smallest absolute Gasteiger partial charge is 0.339 e. The zero-order valence-corrected chi connectivity index (χ0v) is 25.5. The van der Waals surface area contributed by atoms with Gasteiger partial charge in [0, 0.05) is 56.1 Å². The van der Waals surface area contributed by atoms with Gasteiger partial charge in [0.1, 0.15) is 22.7 Å². The summed E-state index contributed by atoms with van der Waals surface area (Å²) in [7, 11) is 0. The van der Waals surface area contributed by atoms with Crippen LogP contribution in [0.1, 0.15) is 82.5 Å². The molecule has 1 aromatic carbocycles. The highest BCUT2D eigenvalue weighted by molar-refractivity contribution is 5.92. The van der Waals surface area contributed by atoms with Gasteiger partial charge in [0.05, 0.1) is 6.20 Å². The minimum Gasteiger partial charge on any atom is -0.478 e. The molecule has 2 fully saturated rings. The number of benzene rings is 1. The lowest BCUT2D eigenvalue weighted by molar-refractivity contribution is 0.0694. The third-order valence-corrected chi connectivity index (χ3v) is 10.1. The lowest BCUT2D eigenvalue weighted by Crippen LogP contribution is -2.47. The van der Waals surface area contributed by atoms with Gasteiger partial charge in [-0.1, -0.05) is 38.3 Å². The maximum absolute atomic E-state index is 12.0. The highest BCUT2D eigenvalue weighted by Crippen LogP contribution is 2.46. The standard InChI is InChI=1S/C35H46N4O3/c1-4-24-5-7-25(8-6-24)31-21-35(2,3)13-11-27(31)23-38-15-17-39(18-16-38)28-9-10-30(34(40)41)32(20-28)42-29-19-26-12-14-36-33(26)37-22-29/h9-10,12,14,19-20,22,24-25H,4-8,11,13,15-18,21,23H2,1-3H3,(H,36,37)(H,40,41). The number of hydrogen-bond donors (Lipinski definition) is 2. The number of aromatic amines is 1. The summed E-state index contributed by atoms with van der Waals surface area (Å²) in [6.07, 6.45) is 14.2. The Hall–Kier alpha value is -3.32. The Balaban J connectivity index is 1.13. The van der Waals surface area contributed by atoms with E-state index in [-0.39, 0.29) is 5.56 Å². The number of hydrogen-bond acceptors (Lipinski definition) is 5. The maximum atomic E-state index is 12.0. The van der Waals surface area contributed by atoms with Crippen LogP contribution in [0, 0.1) is 17.3 Å². The highest BCUT2D eigenvalue weighted by atomic mass is 16.5. The minimum atomic E-state index is -1.00. The topological polar surface area (TPSA) is 81.7 Å². The monoisotopic (exact) mass is 570 g/mol. The number of carboxylic acids is 1. The van der Waals surface area contributed by atoms with Gasteiger partial charge in [-0.3, -0.25) is 4.90 Å². The van der Waals surface area contributed by atoms with Crippen LogP contribution in [-0.2, 0) is 0 Å². The van der Waals surface area contributed by atoms with Gasteiger partial charge in [-0.2, -0.15) is 0 Å². The predicted molar refractivity (Wildman–Crippen MR) is 169 cm³/mol. The fourth-order valence-electron chi connectivity index (χ4n) is 7.42. The van der Waals surface area contributed by atoms with E-state index >= 15 is 0 Å². The number of pyridine rings is 1. The first-order chi connectivity index (χ1) is 20.3. The number of allylic oxidation sites excluding steroid dienone is 1. The van der Waals surface area contributed by atoms with Gasteiger partial charge in [-0.15, -0.1) is 0 Å². The van der Waals surface area contributed by atoms with Gasteiger partial charge < -0.3 is 19.7 Å². The first kappa shape index (κ1) is 28.8. The van der Waals surface area contributed by atoms with Crippen molar-refractivity contribution in [3.8, 4) is 11.5 Å². The second-order valence-electron chi connectivity index (χ2n) is 13.5. The van der Waals surface area contributed by atoms with Crippen LogP contribution < -0.4 is 9.64 Å². The molecule has 2 aliphatic carbocycles. The summed E-state index contributed by atoms with van der Waals surface area (Å²) in [6.45, 7) is 12.2. The number of carboxylic acid groups (broad SMARTS) is 1. The van der Waals surface area contributed by atoms with E-state index in [0.717, 1.165) is 61.3 Å². The third kappa shape index (κ3) is 6.36. The molecule has 7 heteroatoms. The molecule has 3 aliphatic rings. The maximum Gasteiger partial charge on any atom is 0.339 e. The molecule has 6 rings (SSSR count). The molecule has 224 valence electrons. The molecule has 0 atom stereocenters. The Morgan fingerprint density at radius 1 is 1.10 bits per heavy atom. The number of nitrogens with one attached hydrogen (secondary N) is 1. The number of rotatable bonds is 8. The van der Waals surface area contributed by atoms with Gasteiger partial charge in [0.25, 0.3) is 0 Å². The fourth-order valence-corrected chi connectivity index (χ4v) is 7.42. The van der Waals surface area contributed by atoms with Crippen molar-refractivity contribution >= 4 is 22.7 Å². The van der Waals surface area contributed by atoms with Gasteiger partial charge in [0.2, 0.25) is 0 Å². The second kappa shape index (κ2) is 12.1. The predicted octanol–water partition coefficient (Wildman–Crippen LogP) is 7.90. The molecule has 0 amide bonds. The summed E-state index contributed by atoms with van der Waals surface area (Å²) < 4.78 is 6.10. The number of carbonyl (C=O) groups is 1. The summed E-state index contributed by atoms with van der Waals surface area (Å²) in [5.41, 5.74) is 5.89. The molecule has 3 heterocycles. The van der Waals surface area contributed by atoms with Crippen molar-refractivity contribution in [2.75, 3.05) is 37.6 Å². The van der Waals surface area contributed by atoms with Gasteiger partial charge in [-0.25, -0.2) is 9.78 Å². The van der Waals surface area contributed by atoms with Crippen LogP contribution in [0.15, 0.2) is 53.9 Å². The number of anilines is 1. The van der Waals surface area contributed by atoms with Crippen LogP contribution in [0.2, 0.25) is 0 Å². The normalized spacial score (nSPS) is 23.4. The second-order valence-corrected chi connectivity index (χ2v) is 13.5. The highest BCUT2D eigenvalue weighted by Gasteiger charge is 2.33. The Bertz CT molecular complexity index is 1440. The van der Waals surface area contributed by atoms with Gasteiger partial charge >= 0.3 is 5.97 Å². The fraction of sp³-hybridized carbons (Fsp3) is 0.543. The van der Waals surface area contributed by atoms with Crippen molar-refractivity contribution in [1.29, 1.82) is 0 Å². The number of aromatic nitrogens is 2. The van der Waals surface area contributed by atoms with Crippen LogP contribution >= 0.6 is 0 Å².